The van der Waals surface area contributed by atoms with Crippen molar-refractivity contribution >= 4 is 21.8 Å². The number of unbranched alkanes of at least 4 members (excludes halogenated alkanes) is 1. The molecule has 2 aliphatic rings. The summed E-state index contributed by atoms with van der Waals surface area (Å²) in [4.78, 5) is 15.0. The predicted molar refractivity (Wildman–Crippen MR) is 78.9 cm³/mol. The molecule has 3 heteroatoms. The lowest BCUT2D eigenvalue weighted by Gasteiger charge is -2.30. The van der Waals surface area contributed by atoms with E-state index in [1.54, 1.807) is 0 Å². The van der Waals surface area contributed by atoms with Gasteiger partial charge in [0, 0.05) is 23.8 Å². The largest absolute Gasteiger partial charge is 0.341 e. The van der Waals surface area contributed by atoms with Crippen LogP contribution in [0.3, 0.4) is 0 Å². The number of carbonyl (C=O) groups is 1. The van der Waals surface area contributed by atoms with E-state index in [2.05, 4.69) is 27.8 Å². The van der Waals surface area contributed by atoms with Crippen LogP contribution in [0.1, 0.15) is 58.3 Å². The molecular weight excluding hydrogens is 290 g/mol. The molecule has 18 heavy (non-hydrogen) atoms. The average molecular weight is 316 g/mol. The van der Waals surface area contributed by atoms with E-state index in [-0.39, 0.29) is 0 Å². The van der Waals surface area contributed by atoms with Crippen molar-refractivity contribution in [3.05, 3.63) is 0 Å². The number of nitrogens with zero attached hydrogens (tertiary/aromatic N) is 1. The van der Waals surface area contributed by atoms with Gasteiger partial charge in [-0.15, -0.1) is 0 Å². The Morgan fingerprint density at radius 2 is 1.94 bits per heavy atom. The number of alkyl halides is 1. The first-order chi connectivity index (χ1) is 8.70. The second-order valence-corrected chi connectivity index (χ2v) is 7.33. The topological polar surface area (TPSA) is 20.3 Å². The van der Waals surface area contributed by atoms with E-state index in [1.807, 2.05) is 0 Å². The third kappa shape index (κ3) is 3.72. The lowest BCUT2D eigenvalue weighted by molar-refractivity contribution is -0.135. The summed E-state index contributed by atoms with van der Waals surface area (Å²) in [5, 5.41) is 0. The molecule has 0 aromatic rings. The standard InChI is InChI=1S/C15H26BrNO/c1-2-3-4-12-5-7-13(8-6-12)15(18)17-10-9-14(16)11-17/h12-14H,2-11H2,1H3. The molecule has 1 aliphatic carbocycles. The molecule has 104 valence electrons. The SMILES string of the molecule is CCCCC1CCC(C(=O)N2CCC(Br)C2)CC1. The molecule has 1 saturated carbocycles. The quantitative estimate of drug-likeness (QED) is 0.719. The summed E-state index contributed by atoms with van der Waals surface area (Å²) in [6, 6.07) is 0. The van der Waals surface area contributed by atoms with Crippen molar-refractivity contribution in [1.82, 2.24) is 4.90 Å². The molecule has 0 N–H and O–H groups in total. The minimum absolute atomic E-state index is 0.334. The van der Waals surface area contributed by atoms with Gasteiger partial charge in [-0.2, -0.15) is 0 Å². The van der Waals surface area contributed by atoms with E-state index >= 15 is 0 Å². The monoisotopic (exact) mass is 315 g/mol. The Bertz CT molecular complexity index is 274. The van der Waals surface area contributed by atoms with Gasteiger partial charge in [0.25, 0.3) is 0 Å². The van der Waals surface area contributed by atoms with Crippen molar-refractivity contribution in [2.45, 2.75) is 63.1 Å². The number of carbonyl (C=O) groups excluding carboxylic acids is 1. The van der Waals surface area contributed by atoms with Crippen LogP contribution in [-0.2, 0) is 4.79 Å². The molecule has 2 nitrogen and oxygen atoms in total. The highest BCUT2D eigenvalue weighted by molar-refractivity contribution is 9.09. The van der Waals surface area contributed by atoms with Crippen molar-refractivity contribution in [2.75, 3.05) is 13.1 Å². The van der Waals surface area contributed by atoms with Gasteiger partial charge < -0.3 is 4.90 Å². The smallest absolute Gasteiger partial charge is 0.225 e. The molecule has 1 heterocycles. The summed E-state index contributed by atoms with van der Waals surface area (Å²) in [5.74, 6) is 1.67. The van der Waals surface area contributed by atoms with Crippen LogP contribution < -0.4 is 0 Å². The molecule has 0 aromatic heterocycles. The van der Waals surface area contributed by atoms with Crippen molar-refractivity contribution in [2.24, 2.45) is 11.8 Å². The zero-order valence-corrected chi connectivity index (χ0v) is 13.1. The Labute approximate surface area is 120 Å². The van der Waals surface area contributed by atoms with Crippen LogP contribution in [0.25, 0.3) is 0 Å². The Hall–Kier alpha value is -0.0500. The Balaban J connectivity index is 1.73. The molecular formula is C15H26BrNO. The zero-order chi connectivity index (χ0) is 13.0. The Kier molecular flexibility index (Phi) is 5.53. The second-order valence-electron chi connectivity index (χ2n) is 6.03. The highest BCUT2D eigenvalue weighted by Crippen LogP contribution is 2.33. The van der Waals surface area contributed by atoms with Gasteiger partial charge in [-0.05, 0) is 38.0 Å². The summed E-state index contributed by atoms with van der Waals surface area (Å²) in [6.45, 7) is 4.15. The lowest BCUT2D eigenvalue weighted by atomic mass is 9.79. The maximum Gasteiger partial charge on any atom is 0.225 e. The van der Waals surface area contributed by atoms with Crippen molar-refractivity contribution < 1.29 is 4.79 Å². The second kappa shape index (κ2) is 6.93. The molecule has 0 bridgehead atoms. The summed E-state index contributed by atoms with van der Waals surface area (Å²) in [6.07, 6.45) is 10.00. The first-order valence-corrected chi connectivity index (χ1v) is 8.55. The summed E-state index contributed by atoms with van der Waals surface area (Å²) >= 11 is 3.62. The van der Waals surface area contributed by atoms with Crippen LogP contribution >= 0.6 is 15.9 Å². The Morgan fingerprint density at radius 1 is 1.22 bits per heavy atom. The number of rotatable bonds is 4. The molecule has 0 aromatic carbocycles. The van der Waals surface area contributed by atoms with Crippen molar-refractivity contribution in [1.29, 1.82) is 0 Å². The molecule has 2 fully saturated rings. The number of likely N-dealkylation sites (tertiary alicyclic amines) is 1. The number of amides is 1. The molecule has 0 radical (unpaired) electrons. The van der Waals surface area contributed by atoms with Crippen molar-refractivity contribution in [3.63, 3.8) is 0 Å². The third-order valence-corrected chi connectivity index (χ3v) is 5.35. The normalized spacial score (nSPS) is 32.8. The fourth-order valence-electron chi connectivity index (χ4n) is 3.37. The van der Waals surface area contributed by atoms with Crippen LogP contribution in [0.4, 0.5) is 0 Å². The van der Waals surface area contributed by atoms with E-state index in [4.69, 9.17) is 0 Å². The maximum absolute atomic E-state index is 12.4. The van der Waals surface area contributed by atoms with Gasteiger partial charge in [0.2, 0.25) is 5.91 Å². The van der Waals surface area contributed by atoms with E-state index < -0.39 is 0 Å². The van der Waals surface area contributed by atoms with E-state index in [0.717, 1.165) is 38.3 Å². The van der Waals surface area contributed by atoms with Crippen LogP contribution in [-0.4, -0.2) is 28.7 Å². The van der Waals surface area contributed by atoms with Crippen LogP contribution in [0, 0.1) is 11.8 Å². The number of hydrogen-bond donors (Lipinski definition) is 0. The van der Waals surface area contributed by atoms with Gasteiger partial charge in [0.1, 0.15) is 0 Å². The van der Waals surface area contributed by atoms with Crippen molar-refractivity contribution in [3.8, 4) is 0 Å². The highest BCUT2D eigenvalue weighted by atomic mass is 79.9. The first kappa shape index (κ1) is 14.4. The molecule has 1 saturated heterocycles. The number of halogens is 1. The molecule has 1 atom stereocenters. The van der Waals surface area contributed by atoms with Gasteiger partial charge in [-0.1, -0.05) is 42.1 Å². The minimum Gasteiger partial charge on any atom is -0.341 e. The van der Waals surface area contributed by atoms with Gasteiger partial charge in [0.15, 0.2) is 0 Å². The summed E-state index contributed by atoms with van der Waals surface area (Å²) < 4.78 is 0. The molecule has 2 rings (SSSR count). The summed E-state index contributed by atoms with van der Waals surface area (Å²) in [5.41, 5.74) is 0. The first-order valence-electron chi connectivity index (χ1n) is 7.63. The van der Waals surface area contributed by atoms with Gasteiger partial charge in [-0.3, -0.25) is 4.79 Å². The highest BCUT2D eigenvalue weighted by Gasteiger charge is 2.32. The fraction of sp³-hybridized carbons (Fsp3) is 0.933. The maximum atomic E-state index is 12.4. The van der Waals surface area contributed by atoms with Gasteiger partial charge in [-0.25, -0.2) is 0 Å². The van der Waals surface area contributed by atoms with E-state index in [1.165, 1.54) is 32.1 Å². The van der Waals surface area contributed by atoms with Crippen LogP contribution in [0.2, 0.25) is 0 Å². The Morgan fingerprint density at radius 3 is 2.50 bits per heavy atom. The van der Waals surface area contributed by atoms with E-state index in [0.29, 0.717) is 16.7 Å². The minimum atomic E-state index is 0.334. The molecule has 1 aliphatic heterocycles. The predicted octanol–water partition coefficient (Wildman–Crippen LogP) is 3.98. The molecule has 1 unspecified atom stereocenters. The van der Waals surface area contributed by atoms with Gasteiger partial charge in [0.05, 0.1) is 0 Å². The molecule has 0 spiro atoms. The molecule has 1 amide bonds. The lowest BCUT2D eigenvalue weighted by Crippen LogP contribution is -2.36. The van der Waals surface area contributed by atoms with E-state index in [9.17, 15) is 4.79 Å². The average Bonchev–Trinajstić information content (AvgIpc) is 2.83. The fourth-order valence-corrected chi connectivity index (χ4v) is 3.92. The number of hydrogen-bond acceptors (Lipinski definition) is 1. The summed E-state index contributed by atoms with van der Waals surface area (Å²) in [7, 11) is 0. The van der Waals surface area contributed by atoms with Crippen LogP contribution in [0.15, 0.2) is 0 Å². The third-order valence-electron chi connectivity index (χ3n) is 4.60. The van der Waals surface area contributed by atoms with Crippen LogP contribution in [0.5, 0.6) is 0 Å². The van der Waals surface area contributed by atoms with Gasteiger partial charge >= 0.3 is 0 Å². The zero-order valence-electron chi connectivity index (χ0n) is 11.5.